The highest BCUT2D eigenvalue weighted by atomic mass is 79.9. The molecule has 3 heteroatoms. The van der Waals surface area contributed by atoms with E-state index in [1.54, 1.807) is 0 Å². The first kappa shape index (κ1) is 14.6. The van der Waals surface area contributed by atoms with E-state index >= 15 is 0 Å². The Morgan fingerprint density at radius 3 is 2.58 bits per heavy atom. The third-order valence-electron chi connectivity index (χ3n) is 4.08. The molecule has 1 aromatic rings. The molecule has 2 rings (SSSR count). The number of benzene rings is 1. The van der Waals surface area contributed by atoms with Gasteiger partial charge in [0, 0.05) is 17.6 Å². The van der Waals surface area contributed by atoms with E-state index in [9.17, 15) is 4.79 Å². The Bertz CT molecular complexity index is 438. The van der Waals surface area contributed by atoms with E-state index in [1.165, 1.54) is 0 Å². The molecule has 0 N–H and O–H groups in total. The molecule has 1 aromatic carbocycles. The maximum absolute atomic E-state index is 12.7. The number of carbonyl (C=O) groups is 1. The van der Waals surface area contributed by atoms with Crippen LogP contribution in [0.25, 0.3) is 0 Å². The van der Waals surface area contributed by atoms with Gasteiger partial charge < -0.3 is 4.90 Å². The molecule has 104 valence electrons. The number of piperidine rings is 1. The third-order valence-corrected chi connectivity index (χ3v) is 4.80. The van der Waals surface area contributed by atoms with Gasteiger partial charge >= 0.3 is 0 Å². The molecule has 1 saturated heterocycles. The number of nitrogens with zero attached hydrogens (tertiary/aromatic N) is 1. The van der Waals surface area contributed by atoms with Crippen LogP contribution in [0.15, 0.2) is 28.7 Å². The van der Waals surface area contributed by atoms with E-state index < -0.39 is 0 Å². The van der Waals surface area contributed by atoms with Gasteiger partial charge in [-0.2, -0.15) is 0 Å². The van der Waals surface area contributed by atoms with E-state index in [1.807, 2.05) is 23.1 Å². The molecule has 19 heavy (non-hydrogen) atoms. The van der Waals surface area contributed by atoms with Crippen molar-refractivity contribution in [2.45, 2.75) is 39.0 Å². The minimum Gasteiger partial charge on any atom is -0.342 e. The van der Waals surface area contributed by atoms with E-state index in [0.29, 0.717) is 5.91 Å². The van der Waals surface area contributed by atoms with E-state index in [2.05, 4.69) is 35.8 Å². The number of amides is 1. The Morgan fingerprint density at radius 2 is 2.00 bits per heavy atom. The van der Waals surface area contributed by atoms with Gasteiger partial charge in [-0.3, -0.25) is 4.79 Å². The van der Waals surface area contributed by atoms with Crippen molar-refractivity contribution in [3.05, 3.63) is 34.3 Å². The second kappa shape index (κ2) is 6.56. The Balaban J connectivity index is 2.14. The molecule has 2 nitrogen and oxygen atoms in total. The van der Waals surface area contributed by atoms with Crippen LogP contribution < -0.4 is 0 Å². The first-order valence-electron chi connectivity index (χ1n) is 7.16. The monoisotopic (exact) mass is 323 g/mol. The first-order chi connectivity index (χ1) is 9.13. The third kappa shape index (κ3) is 3.38. The molecule has 0 radical (unpaired) electrons. The van der Waals surface area contributed by atoms with Gasteiger partial charge in [0.2, 0.25) is 5.91 Å². The molecule has 1 heterocycles. The van der Waals surface area contributed by atoms with Crippen molar-refractivity contribution in [1.82, 2.24) is 4.90 Å². The Kier molecular flexibility index (Phi) is 5.03. The van der Waals surface area contributed by atoms with Crippen LogP contribution in [-0.2, 0) is 4.79 Å². The van der Waals surface area contributed by atoms with Crippen LogP contribution in [0.4, 0.5) is 0 Å². The fourth-order valence-electron chi connectivity index (χ4n) is 2.73. The molecule has 0 bridgehead atoms. The standard InChI is InChI=1S/C16H22BrNO/c1-3-13(14-6-4-5-7-15(14)17)16(19)18-10-8-12(2)9-11-18/h4-7,12-13H,3,8-11H2,1-2H3. The predicted octanol–water partition coefficient (Wildman–Crippen LogP) is 4.20. The normalized spacial score (nSPS) is 18.4. The number of rotatable bonds is 3. The minimum atomic E-state index is -0.0102. The van der Waals surface area contributed by atoms with Crippen molar-refractivity contribution < 1.29 is 4.79 Å². The second-order valence-corrected chi connectivity index (χ2v) is 6.34. The lowest BCUT2D eigenvalue weighted by Gasteiger charge is -2.33. The summed E-state index contributed by atoms with van der Waals surface area (Å²) in [7, 11) is 0. The van der Waals surface area contributed by atoms with Gasteiger partial charge in [0.1, 0.15) is 0 Å². The second-order valence-electron chi connectivity index (χ2n) is 5.49. The van der Waals surface area contributed by atoms with Crippen molar-refractivity contribution in [2.75, 3.05) is 13.1 Å². The van der Waals surface area contributed by atoms with Crippen LogP contribution in [0.5, 0.6) is 0 Å². The van der Waals surface area contributed by atoms with Crippen LogP contribution in [0, 0.1) is 5.92 Å². The lowest BCUT2D eigenvalue weighted by Crippen LogP contribution is -2.40. The van der Waals surface area contributed by atoms with Gasteiger partial charge in [-0.15, -0.1) is 0 Å². The highest BCUT2D eigenvalue weighted by Gasteiger charge is 2.28. The molecule has 1 aliphatic rings. The molecule has 0 aromatic heterocycles. The summed E-state index contributed by atoms with van der Waals surface area (Å²) in [4.78, 5) is 14.7. The largest absolute Gasteiger partial charge is 0.342 e. The summed E-state index contributed by atoms with van der Waals surface area (Å²) in [5.74, 6) is 1.04. The van der Waals surface area contributed by atoms with Gasteiger partial charge in [-0.25, -0.2) is 0 Å². The zero-order valence-corrected chi connectivity index (χ0v) is 13.3. The van der Waals surface area contributed by atoms with Crippen molar-refractivity contribution in [2.24, 2.45) is 5.92 Å². The Labute approximate surface area is 124 Å². The van der Waals surface area contributed by atoms with Gasteiger partial charge in [-0.05, 0) is 36.8 Å². The Morgan fingerprint density at radius 1 is 1.37 bits per heavy atom. The summed E-state index contributed by atoms with van der Waals surface area (Å²) in [5.41, 5.74) is 1.12. The maximum atomic E-state index is 12.7. The van der Waals surface area contributed by atoms with Crippen LogP contribution in [-0.4, -0.2) is 23.9 Å². The molecule has 0 saturated carbocycles. The quantitative estimate of drug-likeness (QED) is 0.816. The summed E-state index contributed by atoms with van der Waals surface area (Å²) in [6.45, 7) is 6.20. The number of halogens is 1. The molecule has 1 atom stereocenters. The summed E-state index contributed by atoms with van der Waals surface area (Å²) in [6, 6.07) is 8.08. The van der Waals surface area contributed by atoms with Crippen molar-refractivity contribution in [3.8, 4) is 0 Å². The highest BCUT2D eigenvalue weighted by molar-refractivity contribution is 9.10. The fourth-order valence-corrected chi connectivity index (χ4v) is 3.30. The topological polar surface area (TPSA) is 20.3 Å². The maximum Gasteiger partial charge on any atom is 0.230 e. The van der Waals surface area contributed by atoms with Crippen molar-refractivity contribution >= 4 is 21.8 Å². The molecule has 1 unspecified atom stereocenters. The average Bonchev–Trinajstić information content (AvgIpc) is 2.42. The van der Waals surface area contributed by atoms with E-state index in [-0.39, 0.29) is 5.92 Å². The van der Waals surface area contributed by atoms with Gasteiger partial charge in [-0.1, -0.05) is 48.0 Å². The molecule has 0 spiro atoms. The van der Waals surface area contributed by atoms with Crippen molar-refractivity contribution in [1.29, 1.82) is 0 Å². The van der Waals surface area contributed by atoms with Crippen LogP contribution in [0.2, 0.25) is 0 Å². The van der Waals surface area contributed by atoms with Crippen LogP contribution in [0.3, 0.4) is 0 Å². The summed E-state index contributed by atoms with van der Waals surface area (Å²) in [5, 5.41) is 0. The molecular formula is C16H22BrNO. The summed E-state index contributed by atoms with van der Waals surface area (Å²) >= 11 is 3.57. The molecule has 1 fully saturated rings. The lowest BCUT2D eigenvalue weighted by atomic mass is 9.92. The predicted molar refractivity (Wildman–Crippen MR) is 82.2 cm³/mol. The lowest BCUT2D eigenvalue weighted by molar-refractivity contribution is -0.134. The number of likely N-dealkylation sites (tertiary alicyclic amines) is 1. The first-order valence-corrected chi connectivity index (χ1v) is 7.96. The number of hydrogen-bond donors (Lipinski definition) is 0. The van der Waals surface area contributed by atoms with Gasteiger partial charge in [0.25, 0.3) is 0 Å². The molecule has 1 amide bonds. The average molecular weight is 324 g/mol. The molecular weight excluding hydrogens is 302 g/mol. The van der Waals surface area contributed by atoms with Crippen LogP contribution >= 0.6 is 15.9 Å². The fraction of sp³-hybridized carbons (Fsp3) is 0.562. The summed E-state index contributed by atoms with van der Waals surface area (Å²) in [6.07, 6.45) is 3.13. The SMILES string of the molecule is CCC(C(=O)N1CCC(C)CC1)c1ccccc1Br. The molecule has 0 aliphatic carbocycles. The van der Waals surface area contributed by atoms with Crippen molar-refractivity contribution in [3.63, 3.8) is 0 Å². The summed E-state index contributed by atoms with van der Waals surface area (Å²) < 4.78 is 1.04. The highest BCUT2D eigenvalue weighted by Crippen LogP contribution is 2.30. The molecule has 1 aliphatic heterocycles. The van der Waals surface area contributed by atoms with Gasteiger partial charge in [0.05, 0.1) is 5.92 Å². The minimum absolute atomic E-state index is 0.0102. The smallest absolute Gasteiger partial charge is 0.230 e. The van der Waals surface area contributed by atoms with Crippen LogP contribution in [0.1, 0.15) is 44.6 Å². The number of hydrogen-bond acceptors (Lipinski definition) is 1. The van der Waals surface area contributed by atoms with E-state index in [0.717, 1.165) is 48.3 Å². The van der Waals surface area contributed by atoms with Gasteiger partial charge in [0.15, 0.2) is 0 Å². The zero-order valence-electron chi connectivity index (χ0n) is 11.7. The number of carbonyl (C=O) groups excluding carboxylic acids is 1. The van der Waals surface area contributed by atoms with E-state index in [4.69, 9.17) is 0 Å². The zero-order chi connectivity index (χ0) is 13.8. The Hall–Kier alpha value is -0.830.